The van der Waals surface area contributed by atoms with Gasteiger partial charge < -0.3 is 20.4 Å². The van der Waals surface area contributed by atoms with Crippen molar-refractivity contribution in [2.24, 2.45) is 5.92 Å². The standard InChI is InChI=1S/C25H38N4O3/c1-6-13-29-22(30)21(16-17(2)3)27-23(31)25(29)11-14-28(15-12-25)24(32)26-20-9-7-19(8-10-20)18(4)5/h7-10,17-18,21H,6,11-16H2,1-5H3,(H,26,32)(H,27,31). The van der Waals surface area contributed by atoms with Gasteiger partial charge in [0.1, 0.15) is 11.6 Å². The van der Waals surface area contributed by atoms with Gasteiger partial charge in [-0.15, -0.1) is 0 Å². The molecule has 4 amide bonds. The van der Waals surface area contributed by atoms with E-state index in [1.807, 2.05) is 31.2 Å². The number of amides is 4. The topological polar surface area (TPSA) is 81.8 Å². The molecule has 0 saturated carbocycles. The van der Waals surface area contributed by atoms with Crippen LogP contribution in [0.4, 0.5) is 10.5 Å². The van der Waals surface area contributed by atoms with Crippen molar-refractivity contribution < 1.29 is 14.4 Å². The summed E-state index contributed by atoms with van der Waals surface area (Å²) in [6, 6.07) is 7.28. The van der Waals surface area contributed by atoms with E-state index in [1.54, 1.807) is 9.80 Å². The van der Waals surface area contributed by atoms with Crippen molar-refractivity contribution >= 4 is 23.5 Å². The van der Waals surface area contributed by atoms with Crippen molar-refractivity contribution in [3.8, 4) is 0 Å². The van der Waals surface area contributed by atoms with Gasteiger partial charge in [-0.3, -0.25) is 9.59 Å². The lowest BCUT2D eigenvalue weighted by atomic mass is 9.81. The SMILES string of the molecule is CCCN1C(=O)C(CC(C)C)NC(=O)C12CCN(C(=O)Nc1ccc(C(C)C)cc1)CC2. The van der Waals surface area contributed by atoms with Gasteiger partial charge in [0.2, 0.25) is 11.8 Å². The Kier molecular flexibility index (Phi) is 7.47. The van der Waals surface area contributed by atoms with Gasteiger partial charge in [0.25, 0.3) is 0 Å². The molecule has 1 unspecified atom stereocenters. The van der Waals surface area contributed by atoms with Crippen LogP contribution in [-0.4, -0.2) is 58.9 Å². The van der Waals surface area contributed by atoms with Crippen LogP contribution in [0.1, 0.15) is 71.8 Å². The van der Waals surface area contributed by atoms with Crippen LogP contribution >= 0.6 is 0 Å². The quantitative estimate of drug-likeness (QED) is 0.700. The van der Waals surface area contributed by atoms with Crippen molar-refractivity contribution in [2.45, 2.75) is 77.8 Å². The van der Waals surface area contributed by atoms with E-state index < -0.39 is 11.6 Å². The molecule has 1 aromatic rings. The molecule has 2 fully saturated rings. The van der Waals surface area contributed by atoms with Gasteiger partial charge in [-0.2, -0.15) is 0 Å². The maximum Gasteiger partial charge on any atom is 0.321 e. The lowest BCUT2D eigenvalue weighted by Crippen LogP contribution is -2.73. The molecular formula is C25H38N4O3. The van der Waals surface area contributed by atoms with E-state index in [0.29, 0.717) is 50.7 Å². The number of piperidine rings is 1. The maximum atomic E-state index is 13.2. The van der Waals surface area contributed by atoms with Gasteiger partial charge in [-0.1, -0.05) is 46.8 Å². The minimum Gasteiger partial charge on any atom is -0.342 e. The average molecular weight is 443 g/mol. The molecule has 0 radical (unpaired) electrons. The molecule has 0 bridgehead atoms. The van der Waals surface area contributed by atoms with Crippen LogP contribution in [0, 0.1) is 5.92 Å². The molecule has 1 aromatic carbocycles. The van der Waals surface area contributed by atoms with Crippen molar-refractivity contribution in [2.75, 3.05) is 25.0 Å². The van der Waals surface area contributed by atoms with Gasteiger partial charge >= 0.3 is 6.03 Å². The number of likely N-dealkylation sites (tertiary alicyclic amines) is 1. The van der Waals surface area contributed by atoms with Gasteiger partial charge in [0.15, 0.2) is 0 Å². The fourth-order valence-corrected chi connectivity index (χ4v) is 4.79. The van der Waals surface area contributed by atoms with Gasteiger partial charge in [0.05, 0.1) is 0 Å². The Bertz CT molecular complexity index is 826. The Balaban J connectivity index is 1.67. The first-order valence-electron chi connectivity index (χ1n) is 12.0. The lowest BCUT2D eigenvalue weighted by molar-refractivity contribution is -0.161. The summed E-state index contributed by atoms with van der Waals surface area (Å²) in [6.45, 7) is 11.8. The Labute approximate surface area is 191 Å². The Morgan fingerprint density at radius 1 is 1.12 bits per heavy atom. The monoisotopic (exact) mass is 442 g/mol. The lowest BCUT2D eigenvalue weighted by Gasteiger charge is -2.51. The molecule has 0 aromatic heterocycles. The molecule has 2 aliphatic rings. The van der Waals surface area contributed by atoms with Crippen LogP contribution in [0.3, 0.4) is 0 Å². The van der Waals surface area contributed by atoms with E-state index in [1.165, 1.54) is 5.56 Å². The fraction of sp³-hybridized carbons (Fsp3) is 0.640. The second-order valence-electron chi connectivity index (χ2n) is 9.87. The number of rotatable bonds is 6. The molecule has 2 N–H and O–H groups in total. The number of hydrogen-bond acceptors (Lipinski definition) is 3. The van der Waals surface area contributed by atoms with E-state index in [0.717, 1.165) is 12.1 Å². The maximum absolute atomic E-state index is 13.2. The van der Waals surface area contributed by atoms with E-state index in [4.69, 9.17) is 0 Å². The zero-order valence-corrected chi connectivity index (χ0v) is 20.1. The molecule has 1 spiro atoms. The summed E-state index contributed by atoms with van der Waals surface area (Å²) in [5.74, 6) is 0.708. The number of nitrogens with zero attached hydrogens (tertiary/aromatic N) is 2. The first-order valence-corrected chi connectivity index (χ1v) is 12.0. The van der Waals surface area contributed by atoms with Crippen molar-refractivity contribution in [1.82, 2.24) is 15.1 Å². The minimum atomic E-state index is -0.851. The highest BCUT2D eigenvalue weighted by molar-refractivity contribution is 6.00. The number of urea groups is 1. The molecule has 2 heterocycles. The Morgan fingerprint density at radius 2 is 1.75 bits per heavy atom. The van der Waals surface area contributed by atoms with E-state index >= 15 is 0 Å². The molecule has 176 valence electrons. The predicted molar refractivity (Wildman–Crippen MR) is 126 cm³/mol. The highest BCUT2D eigenvalue weighted by atomic mass is 16.2. The molecule has 1 atom stereocenters. The Morgan fingerprint density at radius 3 is 2.28 bits per heavy atom. The second kappa shape index (κ2) is 9.92. The zero-order chi connectivity index (χ0) is 23.5. The minimum absolute atomic E-state index is 0.0169. The van der Waals surface area contributed by atoms with E-state index in [-0.39, 0.29) is 17.8 Å². The number of carbonyl (C=O) groups excluding carboxylic acids is 3. The molecule has 2 aliphatic heterocycles. The summed E-state index contributed by atoms with van der Waals surface area (Å²) >= 11 is 0. The third-order valence-corrected chi connectivity index (χ3v) is 6.67. The number of carbonyl (C=O) groups is 3. The number of nitrogens with one attached hydrogen (secondary N) is 2. The van der Waals surface area contributed by atoms with Crippen molar-refractivity contribution in [3.05, 3.63) is 29.8 Å². The molecule has 2 saturated heterocycles. The fourth-order valence-electron chi connectivity index (χ4n) is 4.79. The first kappa shape index (κ1) is 24.1. The molecule has 3 rings (SSSR count). The summed E-state index contributed by atoms with van der Waals surface area (Å²) < 4.78 is 0. The van der Waals surface area contributed by atoms with E-state index in [2.05, 4.69) is 38.3 Å². The van der Waals surface area contributed by atoms with Crippen LogP contribution < -0.4 is 10.6 Å². The number of hydrogen-bond donors (Lipinski definition) is 2. The summed E-state index contributed by atoms with van der Waals surface area (Å²) in [7, 11) is 0. The largest absolute Gasteiger partial charge is 0.342 e. The highest BCUT2D eigenvalue weighted by Gasteiger charge is 2.53. The van der Waals surface area contributed by atoms with Gasteiger partial charge in [0, 0.05) is 25.3 Å². The zero-order valence-electron chi connectivity index (χ0n) is 20.1. The number of piperazine rings is 1. The molecular weight excluding hydrogens is 404 g/mol. The van der Waals surface area contributed by atoms with Crippen molar-refractivity contribution in [1.29, 1.82) is 0 Å². The summed E-state index contributed by atoms with van der Waals surface area (Å²) in [5.41, 5.74) is 1.13. The second-order valence-corrected chi connectivity index (χ2v) is 9.87. The van der Waals surface area contributed by atoms with Crippen LogP contribution in [0.15, 0.2) is 24.3 Å². The number of benzene rings is 1. The molecule has 7 heteroatoms. The Hall–Kier alpha value is -2.57. The third kappa shape index (κ3) is 4.92. The van der Waals surface area contributed by atoms with Gasteiger partial charge in [-0.25, -0.2) is 4.79 Å². The van der Waals surface area contributed by atoms with E-state index in [9.17, 15) is 14.4 Å². The molecule has 7 nitrogen and oxygen atoms in total. The highest BCUT2D eigenvalue weighted by Crippen LogP contribution is 2.34. The number of anilines is 1. The summed E-state index contributed by atoms with van der Waals surface area (Å²) in [6.07, 6.45) is 2.36. The van der Waals surface area contributed by atoms with Crippen LogP contribution in [0.2, 0.25) is 0 Å². The van der Waals surface area contributed by atoms with Crippen molar-refractivity contribution in [3.63, 3.8) is 0 Å². The van der Waals surface area contributed by atoms with Gasteiger partial charge in [-0.05, 0) is 55.2 Å². The summed E-state index contributed by atoms with van der Waals surface area (Å²) in [5, 5.41) is 5.96. The first-order chi connectivity index (χ1) is 15.2. The normalized spacial score (nSPS) is 20.8. The van der Waals surface area contributed by atoms with Crippen LogP contribution in [0.25, 0.3) is 0 Å². The average Bonchev–Trinajstić information content (AvgIpc) is 2.75. The van der Waals surface area contributed by atoms with Crippen LogP contribution in [-0.2, 0) is 9.59 Å². The molecule has 0 aliphatic carbocycles. The summed E-state index contributed by atoms with van der Waals surface area (Å²) in [4.78, 5) is 42.8. The van der Waals surface area contributed by atoms with Crippen LogP contribution in [0.5, 0.6) is 0 Å². The third-order valence-electron chi connectivity index (χ3n) is 6.67. The smallest absolute Gasteiger partial charge is 0.321 e. The predicted octanol–water partition coefficient (Wildman–Crippen LogP) is 3.96. The molecule has 32 heavy (non-hydrogen) atoms.